The number of carboxylic acid groups (broad SMARTS) is 1. The van der Waals surface area contributed by atoms with E-state index < -0.39 is 82.4 Å². The molecule has 0 saturated carbocycles. The van der Waals surface area contributed by atoms with Gasteiger partial charge in [-0.1, -0.05) is 189 Å². The molecular weight excluding hydrogens is 1650 g/mol. The molecule has 682 valence electrons. The van der Waals surface area contributed by atoms with Crippen molar-refractivity contribution >= 4 is 94.4 Å². The number of benzene rings is 6. The quantitative estimate of drug-likeness (QED) is 0.0212. The summed E-state index contributed by atoms with van der Waals surface area (Å²) in [6.45, 7) is 25.4. The Hall–Kier alpha value is -10.3. The molecular formula is C90H132Cl3FN12O17. The number of alkyl halides is 2. The van der Waals surface area contributed by atoms with E-state index in [0.29, 0.717) is 58.3 Å². The van der Waals surface area contributed by atoms with E-state index in [2.05, 4.69) is 61.2 Å². The van der Waals surface area contributed by atoms with Gasteiger partial charge >= 0.3 is 41.9 Å². The number of nitrogens with one attached hydrogen (secondary N) is 6. The van der Waals surface area contributed by atoms with Gasteiger partial charge in [-0.3, -0.25) is 24.5 Å². The summed E-state index contributed by atoms with van der Waals surface area (Å²) in [7, 11) is 0. The zero-order valence-corrected chi connectivity index (χ0v) is 74.5. The molecule has 4 aliphatic rings. The summed E-state index contributed by atoms with van der Waals surface area (Å²) in [6.07, 6.45) is 4.87. The highest BCUT2D eigenvalue weighted by atomic mass is 35.5. The van der Waals surface area contributed by atoms with Crippen molar-refractivity contribution < 1.29 is 87.6 Å². The largest absolute Gasteiger partial charge is 0.480 e. The monoisotopic (exact) mass is 1780 g/mol. The molecule has 4 atom stereocenters. The van der Waals surface area contributed by atoms with E-state index in [1.807, 2.05) is 158 Å². The number of carbonyl (C=O) groups excluding carboxylic acids is 9. The number of aliphatic carboxylic acids is 1. The number of halogens is 4. The highest BCUT2D eigenvalue weighted by molar-refractivity contribution is 6.61. The number of ether oxygens (including phenoxy) is 6. The molecule has 0 spiro atoms. The molecule has 4 fully saturated rings. The van der Waals surface area contributed by atoms with Gasteiger partial charge in [0.05, 0.1) is 11.4 Å². The molecule has 8 amide bonds. The van der Waals surface area contributed by atoms with E-state index in [1.54, 1.807) is 83.1 Å². The summed E-state index contributed by atoms with van der Waals surface area (Å²) in [6, 6.07) is 56.6. The Labute approximate surface area is 741 Å². The highest BCUT2D eigenvalue weighted by Gasteiger charge is 2.45. The Morgan fingerprint density at radius 2 is 0.748 bits per heavy atom. The van der Waals surface area contributed by atoms with Crippen molar-refractivity contribution in [3.05, 3.63) is 215 Å². The van der Waals surface area contributed by atoms with Crippen LogP contribution in [0.2, 0.25) is 0 Å². The summed E-state index contributed by atoms with van der Waals surface area (Å²) in [5.74, 6) is -1.52. The molecule has 6 aromatic carbocycles. The minimum absolute atomic E-state index is 0. The minimum Gasteiger partial charge on any atom is -0.480 e. The molecule has 123 heavy (non-hydrogen) atoms. The second-order valence-electron chi connectivity index (χ2n) is 32.0. The Balaban J connectivity index is 0.000000763. The number of amides is 8. The molecule has 4 aliphatic heterocycles. The van der Waals surface area contributed by atoms with Crippen LogP contribution in [0.5, 0.6) is 0 Å². The van der Waals surface area contributed by atoms with E-state index in [0.717, 1.165) is 83.3 Å². The highest BCUT2D eigenvalue weighted by Crippen LogP contribution is 2.27. The van der Waals surface area contributed by atoms with Crippen molar-refractivity contribution in [3.63, 3.8) is 0 Å². The minimum atomic E-state index is -1.19. The van der Waals surface area contributed by atoms with Gasteiger partial charge in [-0.15, -0.1) is 23.2 Å². The molecule has 29 nitrogen and oxygen atoms in total. The van der Waals surface area contributed by atoms with Crippen LogP contribution in [0.3, 0.4) is 0 Å². The van der Waals surface area contributed by atoms with Gasteiger partial charge < -0.3 is 55.2 Å². The van der Waals surface area contributed by atoms with E-state index in [4.69, 9.17) is 64.2 Å². The molecule has 33 heteroatoms. The van der Waals surface area contributed by atoms with Gasteiger partial charge in [-0.05, 0) is 200 Å². The van der Waals surface area contributed by atoms with E-state index in [1.165, 1.54) is 26.7 Å². The van der Waals surface area contributed by atoms with Gasteiger partial charge in [-0.25, -0.2) is 64.4 Å². The lowest BCUT2D eigenvalue weighted by Crippen LogP contribution is -2.63. The topological polar surface area (TPSA) is 361 Å². The van der Waals surface area contributed by atoms with Crippen molar-refractivity contribution in [3.8, 4) is 0 Å². The fourth-order valence-electron chi connectivity index (χ4n) is 11.8. The molecule has 4 heterocycles. The molecule has 0 aromatic heterocycles. The van der Waals surface area contributed by atoms with Crippen LogP contribution in [-0.2, 0) is 86.5 Å². The second kappa shape index (κ2) is 57.9. The summed E-state index contributed by atoms with van der Waals surface area (Å²) in [4.78, 5) is 121. The predicted octanol–water partition coefficient (Wildman–Crippen LogP) is 16.0. The van der Waals surface area contributed by atoms with E-state index in [-0.39, 0.29) is 75.4 Å². The first-order valence-corrected chi connectivity index (χ1v) is 42.0. The van der Waals surface area contributed by atoms with E-state index >= 15 is 0 Å². The first-order chi connectivity index (χ1) is 57.4. The SMILES string of the molecule is C.CC(C)(C)OC(=O)N1CCC[C@@H](C(=O)NCCc2ccccc2)N1C(=O)OC(C)(C)C.CC(C)(C)OC(=O)N1CCC[C@@H](C(=O)O)N1C(=O)OC(C)(C)C.ClCCl.F.NCCc1ccccc1.O=C(Cl)OCc1ccccc1.O=C(NCCc1ccccc1)[C@@H]1CCCN(C(=O)OCc2ccccc2)N1.O=C(NCCc1ccccc1)[C@@H]1CCCNN1.[2HH]. The van der Waals surface area contributed by atoms with Crippen molar-refractivity contribution in [2.75, 3.05) is 57.7 Å². The van der Waals surface area contributed by atoms with Crippen molar-refractivity contribution in [2.24, 2.45) is 5.73 Å². The van der Waals surface area contributed by atoms with Gasteiger partial charge in [0.1, 0.15) is 47.7 Å². The van der Waals surface area contributed by atoms with Gasteiger partial charge in [0, 0.05) is 58.8 Å². The summed E-state index contributed by atoms with van der Waals surface area (Å²) in [5.41, 5.74) is 17.2. The average molecular weight is 1780 g/mol. The second-order valence-corrected chi connectivity index (χ2v) is 33.1. The standard InChI is InChI=1S/C23H35N3O5.C21H25N3O3.C15H26N2O6.C13H19N3O.C8H7ClO2.C8H11N.CH2Cl2.CH4.FH.H2/c1-22(2,3)30-20(28)25-16-10-13-18(26(25)21(29)31-23(4,5)6)19(27)24-15-14-17-11-8-7-9-12-17;25-20(22-14-13-17-8-3-1-4-9-17)19-12-7-15-24(23-19)21(26)27-16-18-10-5-2-6-11-18;1-14(2,3)22-12(20)16-9-7-8-10(11(18)19)17(16)13(21)23-15(4,5)6;17-13(12-7-4-9-15-16-12)14-10-8-11-5-2-1-3-6-11;9-8(10)11-6-7-4-2-1-3-5-7;9-7-6-8-4-2-1-3-5-8;2-1-3;;;/h7-9,11-12,18H,10,13-16H2,1-6H3,(H,24,27);1-6,8-11,19,23H,7,12-16H2,(H,22,25);10H,7-9H2,1-6H3,(H,18,19);1-3,5-6,12,15-16H,4,7-10H2,(H,14,17);1-5H,6H2;1-5H,6-7,9H2;1H2;1H4;2*1H/t18-;19-;10-;12-;;;;;;/m0000....../s1/i;;;;;;;;;1+1. The van der Waals surface area contributed by atoms with Crippen LogP contribution in [0, 0.1) is 0 Å². The maximum Gasteiger partial charge on any atom is 0.430 e. The number of carboxylic acids is 1. The summed E-state index contributed by atoms with van der Waals surface area (Å²) < 4.78 is 31.3. The van der Waals surface area contributed by atoms with Crippen LogP contribution in [0.4, 0.5) is 33.5 Å². The van der Waals surface area contributed by atoms with Crippen LogP contribution >= 0.6 is 34.8 Å². The number of carbonyl (C=O) groups is 10. The van der Waals surface area contributed by atoms with Gasteiger partial charge in [0.15, 0.2) is 6.04 Å². The molecule has 4 saturated heterocycles. The van der Waals surface area contributed by atoms with Crippen LogP contribution < -0.4 is 38.0 Å². The van der Waals surface area contributed by atoms with Crippen LogP contribution in [-0.4, -0.2) is 194 Å². The molecule has 0 unspecified atom stereocenters. The third-order valence-electron chi connectivity index (χ3n) is 17.2. The number of hydrogen-bond acceptors (Lipinski definition) is 20. The Morgan fingerprint density at radius 3 is 1.10 bits per heavy atom. The van der Waals surface area contributed by atoms with Gasteiger partial charge in [0.25, 0.3) is 0 Å². The first kappa shape index (κ1) is 109. The first-order valence-electron chi connectivity index (χ1n) is 40.6. The number of nitrogens with zero attached hydrogens (tertiary/aromatic N) is 5. The van der Waals surface area contributed by atoms with Gasteiger partial charge in [-0.2, -0.15) is 5.01 Å². The molecule has 0 aliphatic carbocycles. The fraction of sp³-hybridized carbons (Fsp3) is 0.489. The molecule has 0 radical (unpaired) electrons. The Bertz CT molecular complexity index is 4050. The summed E-state index contributed by atoms with van der Waals surface area (Å²) in [5, 5.41) is 23.9. The third kappa shape index (κ3) is 46.1. The zero-order valence-electron chi connectivity index (χ0n) is 72.2. The van der Waals surface area contributed by atoms with Crippen LogP contribution in [0.15, 0.2) is 182 Å². The molecule has 6 aromatic rings. The predicted molar refractivity (Wildman–Crippen MR) is 478 cm³/mol. The third-order valence-corrected chi connectivity index (χ3v) is 17.3. The van der Waals surface area contributed by atoms with Crippen molar-refractivity contribution in [2.45, 2.75) is 227 Å². The zero-order chi connectivity index (χ0) is 89.4. The Kier molecular flexibility index (Phi) is 51.2. The van der Waals surface area contributed by atoms with E-state index in [9.17, 15) is 53.1 Å². The summed E-state index contributed by atoms with van der Waals surface area (Å²) >= 11 is 14.5. The lowest BCUT2D eigenvalue weighted by Gasteiger charge is -2.43. The normalized spacial score (nSPS) is 16.0. The average Bonchev–Trinajstić information content (AvgIpc) is 0.796. The molecule has 9 N–H and O–H groups in total. The molecule has 0 bridgehead atoms. The molecule has 10 rings (SSSR count). The van der Waals surface area contributed by atoms with Crippen LogP contribution in [0.25, 0.3) is 0 Å². The number of hydrogen-bond donors (Lipinski definition) is 8. The fourth-order valence-corrected chi connectivity index (χ4v) is 11.8. The van der Waals surface area contributed by atoms with Crippen molar-refractivity contribution in [1.82, 2.24) is 57.3 Å². The smallest absolute Gasteiger partial charge is 0.430 e. The number of rotatable bonds is 19. The maximum atomic E-state index is 13.0. The number of nitrogens with two attached hydrogens (primary N) is 1. The lowest BCUT2D eigenvalue weighted by molar-refractivity contribution is -0.155. The van der Waals surface area contributed by atoms with Crippen LogP contribution in [0.1, 0.15) is 177 Å². The van der Waals surface area contributed by atoms with Gasteiger partial charge in [0.2, 0.25) is 17.7 Å². The van der Waals surface area contributed by atoms with Crippen molar-refractivity contribution in [1.29, 1.82) is 0 Å². The number of hydrazine groups is 4. The lowest BCUT2D eigenvalue weighted by atomic mass is 10.1. The Morgan fingerprint density at radius 1 is 0.431 bits per heavy atom. The maximum absolute atomic E-state index is 13.0.